The Morgan fingerprint density at radius 3 is 2.50 bits per heavy atom. The third-order valence-corrected chi connectivity index (χ3v) is 4.25. The van der Waals surface area contributed by atoms with E-state index < -0.39 is 17.7 Å². The van der Waals surface area contributed by atoms with Crippen molar-refractivity contribution >= 4 is 0 Å². The van der Waals surface area contributed by atoms with E-state index in [4.69, 9.17) is 0 Å². The summed E-state index contributed by atoms with van der Waals surface area (Å²) in [4.78, 5) is 3.82. The molecule has 0 N–H and O–H groups in total. The third-order valence-electron chi connectivity index (χ3n) is 4.25. The Balaban J connectivity index is 1.89. The van der Waals surface area contributed by atoms with Gasteiger partial charge in [0.05, 0.1) is 5.56 Å². The molecule has 0 aliphatic heterocycles. The molecule has 3 rings (SSSR count). The highest BCUT2D eigenvalue weighted by molar-refractivity contribution is 5.52. The fourth-order valence-electron chi connectivity index (χ4n) is 2.83. The molecular weight excluding hydrogens is 325 g/mol. The average molecular weight is 340 g/mol. The van der Waals surface area contributed by atoms with E-state index >= 15 is 0 Å². The highest BCUT2D eigenvalue weighted by Gasteiger charge is 2.46. The summed E-state index contributed by atoms with van der Waals surface area (Å²) in [7, 11) is 0. The van der Waals surface area contributed by atoms with Gasteiger partial charge in [-0.1, -0.05) is 31.2 Å². The van der Waals surface area contributed by atoms with Crippen molar-refractivity contribution < 1.29 is 22.0 Å². The van der Waals surface area contributed by atoms with Crippen molar-refractivity contribution in [1.29, 1.82) is 0 Å². The number of aromatic nitrogens is 1. The SMILES string of the molecule is CCC(F)(F)c1ncccc1[C]1CC1c1cccc(C(F)(F)F)c1. The van der Waals surface area contributed by atoms with Gasteiger partial charge in [-0.05, 0) is 35.6 Å². The Morgan fingerprint density at radius 2 is 1.83 bits per heavy atom. The van der Waals surface area contributed by atoms with E-state index in [0.717, 1.165) is 12.1 Å². The van der Waals surface area contributed by atoms with Gasteiger partial charge in [0.1, 0.15) is 5.69 Å². The number of hydrogen-bond acceptors (Lipinski definition) is 1. The highest BCUT2D eigenvalue weighted by Crippen LogP contribution is 2.56. The van der Waals surface area contributed by atoms with Gasteiger partial charge in [-0.3, -0.25) is 4.98 Å². The van der Waals surface area contributed by atoms with Crippen molar-refractivity contribution in [2.45, 2.75) is 37.8 Å². The Bertz CT molecular complexity index is 738. The van der Waals surface area contributed by atoms with Crippen LogP contribution in [-0.4, -0.2) is 4.98 Å². The second-order valence-corrected chi connectivity index (χ2v) is 5.86. The van der Waals surface area contributed by atoms with E-state index in [-0.39, 0.29) is 18.0 Å². The maximum atomic E-state index is 14.1. The fraction of sp³-hybridized carbons (Fsp3) is 0.333. The van der Waals surface area contributed by atoms with Gasteiger partial charge in [-0.2, -0.15) is 22.0 Å². The van der Waals surface area contributed by atoms with Crippen LogP contribution in [-0.2, 0) is 12.1 Å². The summed E-state index contributed by atoms with van der Waals surface area (Å²) in [5.41, 5.74) is -0.172. The van der Waals surface area contributed by atoms with Crippen LogP contribution in [0.15, 0.2) is 42.6 Å². The van der Waals surface area contributed by atoms with Crippen molar-refractivity contribution in [1.82, 2.24) is 4.98 Å². The summed E-state index contributed by atoms with van der Waals surface area (Å²) in [6, 6.07) is 8.17. The lowest BCUT2D eigenvalue weighted by Gasteiger charge is -2.17. The molecule has 1 saturated carbocycles. The number of hydrogen-bond donors (Lipinski definition) is 0. The Morgan fingerprint density at radius 1 is 1.08 bits per heavy atom. The molecule has 0 saturated heterocycles. The molecule has 0 amide bonds. The van der Waals surface area contributed by atoms with Gasteiger partial charge in [-0.25, -0.2) is 0 Å². The summed E-state index contributed by atoms with van der Waals surface area (Å²) < 4.78 is 66.6. The van der Waals surface area contributed by atoms with Gasteiger partial charge in [-0.15, -0.1) is 0 Å². The number of nitrogens with zero attached hydrogens (tertiary/aromatic N) is 1. The number of benzene rings is 1. The number of halogens is 5. The standard InChI is InChI=1S/C18H15F5N/c1-2-17(19,20)16-13(7-4-8-24-16)15-10-14(15)11-5-3-6-12(9-11)18(21,22)23/h3-9,14H,2,10H2,1H3. The van der Waals surface area contributed by atoms with Crippen LogP contribution >= 0.6 is 0 Å². The minimum atomic E-state index is -4.42. The Labute approximate surface area is 136 Å². The van der Waals surface area contributed by atoms with E-state index in [0.29, 0.717) is 23.5 Å². The smallest absolute Gasteiger partial charge is 0.255 e. The van der Waals surface area contributed by atoms with Crippen molar-refractivity contribution in [2.75, 3.05) is 0 Å². The molecule has 1 heterocycles. The van der Waals surface area contributed by atoms with Crippen LogP contribution in [0.2, 0.25) is 0 Å². The summed E-state index contributed by atoms with van der Waals surface area (Å²) in [6.07, 6.45) is -3.01. The predicted octanol–water partition coefficient (Wildman–Crippen LogP) is 5.71. The molecule has 2 aromatic rings. The largest absolute Gasteiger partial charge is 0.416 e. The molecule has 1 nitrogen and oxygen atoms in total. The highest BCUT2D eigenvalue weighted by atomic mass is 19.4. The van der Waals surface area contributed by atoms with Crippen LogP contribution in [0.1, 0.15) is 48.1 Å². The molecular formula is C18H15F5N. The molecule has 6 heteroatoms. The van der Waals surface area contributed by atoms with Crippen LogP contribution in [0, 0.1) is 5.92 Å². The number of rotatable bonds is 4. The van der Waals surface area contributed by atoms with E-state index in [1.54, 1.807) is 18.2 Å². The zero-order valence-electron chi connectivity index (χ0n) is 12.9. The van der Waals surface area contributed by atoms with E-state index in [2.05, 4.69) is 4.98 Å². The lowest BCUT2D eigenvalue weighted by molar-refractivity contribution is -0.137. The molecule has 127 valence electrons. The summed E-state index contributed by atoms with van der Waals surface area (Å²) >= 11 is 0. The zero-order valence-corrected chi connectivity index (χ0v) is 12.9. The molecule has 1 fully saturated rings. The fourth-order valence-corrected chi connectivity index (χ4v) is 2.83. The first kappa shape index (κ1) is 16.9. The molecule has 0 spiro atoms. The Hall–Kier alpha value is -1.98. The molecule has 1 unspecified atom stereocenters. The van der Waals surface area contributed by atoms with Crippen molar-refractivity contribution in [2.24, 2.45) is 0 Å². The minimum Gasteiger partial charge on any atom is -0.255 e. The van der Waals surface area contributed by atoms with Crippen LogP contribution in [0.4, 0.5) is 22.0 Å². The molecule has 1 aliphatic rings. The monoisotopic (exact) mass is 340 g/mol. The van der Waals surface area contributed by atoms with Gasteiger partial charge < -0.3 is 0 Å². The van der Waals surface area contributed by atoms with Gasteiger partial charge in [0.2, 0.25) is 0 Å². The van der Waals surface area contributed by atoms with Crippen LogP contribution < -0.4 is 0 Å². The van der Waals surface area contributed by atoms with E-state index in [1.807, 2.05) is 0 Å². The topological polar surface area (TPSA) is 12.9 Å². The lowest BCUT2D eigenvalue weighted by Crippen LogP contribution is -2.16. The van der Waals surface area contributed by atoms with E-state index in [1.165, 1.54) is 19.2 Å². The van der Waals surface area contributed by atoms with Crippen molar-refractivity contribution in [3.63, 3.8) is 0 Å². The van der Waals surface area contributed by atoms with E-state index in [9.17, 15) is 22.0 Å². The number of pyridine rings is 1. The maximum absolute atomic E-state index is 14.1. The first-order valence-corrected chi connectivity index (χ1v) is 7.60. The second-order valence-electron chi connectivity index (χ2n) is 5.86. The van der Waals surface area contributed by atoms with Gasteiger partial charge in [0.15, 0.2) is 0 Å². The maximum Gasteiger partial charge on any atom is 0.416 e. The minimum absolute atomic E-state index is 0.261. The van der Waals surface area contributed by atoms with Crippen LogP contribution in [0.3, 0.4) is 0 Å². The summed E-state index contributed by atoms with van der Waals surface area (Å²) in [6.45, 7) is 1.38. The lowest BCUT2D eigenvalue weighted by atomic mass is 9.98. The Kier molecular flexibility index (Phi) is 4.10. The molecule has 1 atom stereocenters. The average Bonchev–Trinajstić information content (AvgIpc) is 3.35. The quantitative estimate of drug-likeness (QED) is 0.650. The molecule has 1 aliphatic carbocycles. The first-order chi connectivity index (χ1) is 11.2. The predicted molar refractivity (Wildman–Crippen MR) is 79.6 cm³/mol. The van der Waals surface area contributed by atoms with Crippen LogP contribution in [0.25, 0.3) is 0 Å². The van der Waals surface area contributed by atoms with Gasteiger partial charge in [0, 0.05) is 18.5 Å². The summed E-state index contributed by atoms with van der Waals surface area (Å²) in [5, 5.41) is 0. The summed E-state index contributed by atoms with van der Waals surface area (Å²) in [5.74, 6) is -2.60. The second kappa shape index (κ2) is 5.83. The molecule has 1 aromatic heterocycles. The zero-order chi connectivity index (χ0) is 17.5. The number of alkyl halides is 5. The normalized spacial score (nSPS) is 18.7. The molecule has 1 radical (unpaired) electrons. The van der Waals surface area contributed by atoms with Gasteiger partial charge >= 0.3 is 6.18 Å². The first-order valence-electron chi connectivity index (χ1n) is 7.60. The molecule has 24 heavy (non-hydrogen) atoms. The third kappa shape index (κ3) is 3.14. The molecule has 1 aromatic carbocycles. The van der Waals surface area contributed by atoms with Gasteiger partial charge in [0.25, 0.3) is 5.92 Å². The van der Waals surface area contributed by atoms with Crippen molar-refractivity contribution in [3.8, 4) is 0 Å². The van der Waals surface area contributed by atoms with Crippen LogP contribution in [0.5, 0.6) is 0 Å². The molecule has 0 bridgehead atoms. The van der Waals surface area contributed by atoms with Crippen molar-refractivity contribution in [3.05, 3.63) is 70.9 Å².